The van der Waals surface area contributed by atoms with Crippen LogP contribution in [-0.2, 0) is 11.3 Å². The molecule has 1 aromatic carbocycles. The number of piperazine rings is 1. The van der Waals surface area contributed by atoms with Crippen LogP contribution in [0, 0.1) is 0 Å². The first-order chi connectivity index (χ1) is 9.61. The minimum atomic E-state index is -0.168. The zero-order valence-electron chi connectivity index (χ0n) is 11.5. The highest BCUT2D eigenvalue weighted by Crippen LogP contribution is 2.23. The van der Waals surface area contributed by atoms with E-state index >= 15 is 0 Å². The molecule has 0 aromatic heterocycles. The summed E-state index contributed by atoms with van der Waals surface area (Å²) in [5.74, 6) is 0.0536. The summed E-state index contributed by atoms with van der Waals surface area (Å²) in [4.78, 5) is 14.2. The van der Waals surface area contributed by atoms with Crippen molar-refractivity contribution in [2.75, 3.05) is 26.2 Å². The van der Waals surface area contributed by atoms with Crippen molar-refractivity contribution in [3.05, 3.63) is 33.8 Å². The van der Waals surface area contributed by atoms with Gasteiger partial charge in [0.25, 0.3) is 0 Å². The molecule has 2 N–H and O–H groups in total. The molecule has 1 fully saturated rings. The smallest absolute Gasteiger partial charge is 0.238 e. The van der Waals surface area contributed by atoms with Gasteiger partial charge in [-0.05, 0) is 30.7 Å². The van der Waals surface area contributed by atoms with Crippen molar-refractivity contribution in [2.45, 2.75) is 19.5 Å². The van der Waals surface area contributed by atoms with E-state index in [1.165, 1.54) is 0 Å². The minimum Gasteiger partial charge on any atom is -0.355 e. The third kappa shape index (κ3) is 3.85. The van der Waals surface area contributed by atoms with E-state index < -0.39 is 0 Å². The van der Waals surface area contributed by atoms with E-state index in [0.29, 0.717) is 29.7 Å². The maximum absolute atomic E-state index is 12.1. The number of carbonyl (C=O) groups excluding carboxylic acids is 1. The second-order valence-corrected chi connectivity index (χ2v) is 5.66. The monoisotopic (exact) mass is 315 g/mol. The molecule has 2 rings (SSSR count). The molecule has 20 heavy (non-hydrogen) atoms. The quantitative estimate of drug-likeness (QED) is 0.892. The maximum Gasteiger partial charge on any atom is 0.238 e. The number of benzene rings is 1. The van der Waals surface area contributed by atoms with Crippen molar-refractivity contribution in [1.82, 2.24) is 15.5 Å². The summed E-state index contributed by atoms with van der Waals surface area (Å²) in [5.41, 5.74) is 0.954. The SMILES string of the molecule is CCNC(=O)C1CNCCN1Cc1cc(Cl)ccc1Cl. The Kier molecular flexibility index (Phi) is 5.66. The van der Waals surface area contributed by atoms with Gasteiger partial charge in [-0.1, -0.05) is 23.2 Å². The molecule has 1 unspecified atom stereocenters. The fourth-order valence-corrected chi connectivity index (χ4v) is 2.74. The number of carbonyl (C=O) groups is 1. The maximum atomic E-state index is 12.1. The summed E-state index contributed by atoms with van der Waals surface area (Å²) in [6.45, 7) is 5.53. The zero-order valence-corrected chi connectivity index (χ0v) is 13.0. The Morgan fingerprint density at radius 1 is 1.50 bits per heavy atom. The van der Waals surface area contributed by atoms with Gasteiger partial charge in [0.2, 0.25) is 5.91 Å². The molecule has 1 atom stereocenters. The molecule has 1 saturated heterocycles. The topological polar surface area (TPSA) is 44.4 Å². The van der Waals surface area contributed by atoms with Gasteiger partial charge >= 0.3 is 0 Å². The molecule has 110 valence electrons. The molecule has 1 heterocycles. The molecule has 0 spiro atoms. The standard InChI is InChI=1S/C14H19Cl2N3O/c1-2-18-14(20)13-8-17-5-6-19(13)9-10-7-11(15)3-4-12(10)16/h3-4,7,13,17H,2,5-6,8-9H2,1H3,(H,18,20). The normalized spacial score (nSPS) is 19.9. The second-order valence-electron chi connectivity index (χ2n) is 4.82. The minimum absolute atomic E-state index is 0.0536. The van der Waals surface area contributed by atoms with Crippen LogP contribution >= 0.6 is 23.2 Å². The third-order valence-electron chi connectivity index (χ3n) is 3.39. The van der Waals surface area contributed by atoms with Crippen molar-refractivity contribution in [3.63, 3.8) is 0 Å². The Bertz CT molecular complexity index is 481. The van der Waals surface area contributed by atoms with Gasteiger partial charge in [-0.3, -0.25) is 9.69 Å². The Labute approximate surface area is 129 Å². The molecule has 0 radical (unpaired) electrons. The third-order valence-corrected chi connectivity index (χ3v) is 3.99. The lowest BCUT2D eigenvalue weighted by atomic mass is 10.1. The first-order valence-corrected chi connectivity index (χ1v) is 7.53. The van der Waals surface area contributed by atoms with Crippen LogP contribution in [0.15, 0.2) is 18.2 Å². The van der Waals surface area contributed by atoms with Gasteiger partial charge in [-0.15, -0.1) is 0 Å². The van der Waals surface area contributed by atoms with Crippen molar-refractivity contribution in [1.29, 1.82) is 0 Å². The van der Waals surface area contributed by atoms with E-state index in [2.05, 4.69) is 15.5 Å². The summed E-state index contributed by atoms with van der Waals surface area (Å²) in [5, 5.41) is 7.48. The van der Waals surface area contributed by atoms with Crippen LogP contribution in [0.25, 0.3) is 0 Å². The molecule has 4 nitrogen and oxygen atoms in total. The molecule has 6 heteroatoms. The summed E-state index contributed by atoms with van der Waals surface area (Å²) in [7, 11) is 0. The molecule has 1 aliphatic heterocycles. The number of likely N-dealkylation sites (N-methyl/N-ethyl adjacent to an activating group) is 1. The Balaban J connectivity index is 2.12. The highest BCUT2D eigenvalue weighted by atomic mass is 35.5. The lowest BCUT2D eigenvalue weighted by molar-refractivity contribution is -0.127. The number of nitrogens with zero attached hydrogens (tertiary/aromatic N) is 1. The molecule has 1 amide bonds. The molecule has 0 aliphatic carbocycles. The number of hydrogen-bond donors (Lipinski definition) is 2. The summed E-state index contributed by atoms with van der Waals surface area (Å²) < 4.78 is 0. The van der Waals surface area contributed by atoms with E-state index in [0.717, 1.165) is 18.7 Å². The van der Waals surface area contributed by atoms with Crippen molar-refractivity contribution in [2.24, 2.45) is 0 Å². The Hall–Kier alpha value is -0.810. The Morgan fingerprint density at radius 2 is 2.30 bits per heavy atom. The molecule has 1 aromatic rings. The van der Waals surface area contributed by atoms with Crippen molar-refractivity contribution < 1.29 is 4.79 Å². The number of hydrogen-bond acceptors (Lipinski definition) is 3. The van der Waals surface area contributed by atoms with Crippen molar-refractivity contribution >= 4 is 29.1 Å². The fourth-order valence-electron chi connectivity index (χ4n) is 2.37. The summed E-state index contributed by atoms with van der Waals surface area (Å²) in [6.07, 6.45) is 0. The Morgan fingerprint density at radius 3 is 3.05 bits per heavy atom. The van der Waals surface area contributed by atoms with E-state index in [4.69, 9.17) is 23.2 Å². The fraction of sp³-hybridized carbons (Fsp3) is 0.500. The van der Waals surface area contributed by atoms with Gasteiger partial charge in [0.15, 0.2) is 0 Å². The highest BCUT2D eigenvalue weighted by molar-refractivity contribution is 6.33. The average molecular weight is 316 g/mol. The summed E-state index contributed by atoms with van der Waals surface area (Å²) in [6, 6.07) is 5.26. The van der Waals surface area contributed by atoms with E-state index in [-0.39, 0.29) is 11.9 Å². The van der Waals surface area contributed by atoms with Gasteiger partial charge in [0, 0.05) is 42.8 Å². The molecule has 1 aliphatic rings. The molecular formula is C14H19Cl2N3O. The van der Waals surface area contributed by atoms with Crippen LogP contribution in [0.4, 0.5) is 0 Å². The summed E-state index contributed by atoms with van der Waals surface area (Å²) >= 11 is 12.2. The van der Waals surface area contributed by atoms with Crippen LogP contribution in [0.5, 0.6) is 0 Å². The van der Waals surface area contributed by atoms with Gasteiger partial charge in [-0.25, -0.2) is 0 Å². The van der Waals surface area contributed by atoms with Crippen LogP contribution in [0.3, 0.4) is 0 Å². The average Bonchev–Trinajstić information content (AvgIpc) is 2.44. The number of amides is 1. The van der Waals surface area contributed by atoms with Crippen LogP contribution < -0.4 is 10.6 Å². The number of halogens is 2. The van der Waals surface area contributed by atoms with E-state index in [1.54, 1.807) is 12.1 Å². The van der Waals surface area contributed by atoms with Gasteiger partial charge in [0.05, 0.1) is 0 Å². The number of nitrogens with one attached hydrogen (secondary N) is 2. The molecule has 0 bridgehead atoms. The number of rotatable bonds is 4. The predicted octanol–water partition coefficient (Wildman–Crippen LogP) is 1.90. The van der Waals surface area contributed by atoms with Gasteiger partial charge in [0.1, 0.15) is 6.04 Å². The van der Waals surface area contributed by atoms with Crippen LogP contribution in [0.2, 0.25) is 10.0 Å². The highest BCUT2D eigenvalue weighted by Gasteiger charge is 2.28. The van der Waals surface area contributed by atoms with Crippen molar-refractivity contribution in [3.8, 4) is 0 Å². The predicted molar refractivity (Wildman–Crippen MR) is 82.2 cm³/mol. The molecular weight excluding hydrogens is 297 g/mol. The first-order valence-electron chi connectivity index (χ1n) is 6.78. The van der Waals surface area contributed by atoms with Crippen LogP contribution in [-0.4, -0.2) is 43.0 Å². The first kappa shape index (κ1) is 15.6. The van der Waals surface area contributed by atoms with E-state index in [1.807, 2.05) is 13.0 Å². The van der Waals surface area contributed by atoms with Crippen LogP contribution in [0.1, 0.15) is 12.5 Å². The molecule has 0 saturated carbocycles. The lowest BCUT2D eigenvalue weighted by Gasteiger charge is -2.35. The lowest BCUT2D eigenvalue weighted by Crippen LogP contribution is -2.57. The zero-order chi connectivity index (χ0) is 14.5. The van der Waals surface area contributed by atoms with E-state index in [9.17, 15) is 4.79 Å². The largest absolute Gasteiger partial charge is 0.355 e. The second kappa shape index (κ2) is 7.27. The van der Waals surface area contributed by atoms with Gasteiger partial charge in [-0.2, -0.15) is 0 Å². The van der Waals surface area contributed by atoms with Gasteiger partial charge < -0.3 is 10.6 Å².